The topological polar surface area (TPSA) is 86.4 Å². The molecule has 2 rings (SSSR count). The van der Waals surface area contributed by atoms with Gasteiger partial charge in [-0.2, -0.15) is 10.5 Å². The van der Waals surface area contributed by atoms with Crippen molar-refractivity contribution in [3.05, 3.63) is 48.4 Å². The summed E-state index contributed by atoms with van der Waals surface area (Å²) in [5.74, 6) is 0.416. The smallest absolute Gasteiger partial charge is 0.330 e. The molecular weight excluding hydrogens is 294 g/mol. The van der Waals surface area contributed by atoms with Crippen LogP contribution in [0.5, 0.6) is 5.75 Å². The van der Waals surface area contributed by atoms with Crippen LogP contribution in [0.1, 0.15) is 12.8 Å². The maximum Gasteiger partial charge on any atom is 0.330 e. The van der Waals surface area contributed by atoms with Gasteiger partial charge in [-0.25, -0.2) is 4.79 Å². The van der Waals surface area contributed by atoms with Gasteiger partial charge in [-0.3, -0.25) is 0 Å². The number of para-hydroxylation sites is 2. The molecule has 0 amide bonds. The van der Waals surface area contributed by atoms with Gasteiger partial charge in [0.1, 0.15) is 12.1 Å². The summed E-state index contributed by atoms with van der Waals surface area (Å²) in [6.45, 7) is 4.17. The summed E-state index contributed by atoms with van der Waals surface area (Å²) in [5.41, 5.74) is 0.743. The molecule has 116 valence electrons. The SMILES string of the molecule is C=CC(=O)OCCCCN1C(=C(C#N)C#N)Oc2ccccc21. The lowest BCUT2D eigenvalue weighted by atomic mass is 10.2. The monoisotopic (exact) mass is 309 g/mol. The molecule has 0 radical (unpaired) electrons. The summed E-state index contributed by atoms with van der Waals surface area (Å²) < 4.78 is 10.6. The molecule has 1 heterocycles. The number of rotatable bonds is 6. The maximum absolute atomic E-state index is 11.0. The number of hydrogen-bond acceptors (Lipinski definition) is 6. The molecule has 0 N–H and O–H groups in total. The summed E-state index contributed by atoms with van der Waals surface area (Å²) in [7, 11) is 0. The van der Waals surface area contributed by atoms with Crippen LogP contribution in [0.3, 0.4) is 0 Å². The Bertz CT molecular complexity index is 709. The highest BCUT2D eigenvalue weighted by Gasteiger charge is 2.28. The molecule has 0 saturated heterocycles. The summed E-state index contributed by atoms with van der Waals surface area (Å²) in [6.07, 6.45) is 2.48. The van der Waals surface area contributed by atoms with Crippen molar-refractivity contribution in [1.29, 1.82) is 10.5 Å². The van der Waals surface area contributed by atoms with E-state index in [1.54, 1.807) is 11.0 Å². The largest absolute Gasteiger partial charge is 0.463 e. The zero-order valence-electron chi connectivity index (χ0n) is 12.5. The Hall–Kier alpha value is -3.25. The van der Waals surface area contributed by atoms with Crippen LogP contribution in [0.4, 0.5) is 5.69 Å². The van der Waals surface area contributed by atoms with Crippen LogP contribution >= 0.6 is 0 Å². The molecular formula is C17H15N3O3. The Morgan fingerprint density at radius 3 is 2.74 bits per heavy atom. The molecule has 1 aliphatic heterocycles. The lowest BCUT2D eigenvalue weighted by Gasteiger charge is -2.18. The Labute approximate surface area is 134 Å². The van der Waals surface area contributed by atoms with Crippen molar-refractivity contribution in [2.24, 2.45) is 0 Å². The average molecular weight is 309 g/mol. The van der Waals surface area contributed by atoms with E-state index in [-0.39, 0.29) is 11.5 Å². The molecule has 0 bridgehead atoms. The third kappa shape index (κ3) is 3.69. The van der Waals surface area contributed by atoms with Gasteiger partial charge in [-0.15, -0.1) is 0 Å². The Morgan fingerprint density at radius 2 is 2.04 bits per heavy atom. The normalized spacial score (nSPS) is 11.7. The third-order valence-corrected chi connectivity index (χ3v) is 3.23. The molecule has 1 aliphatic rings. The van der Waals surface area contributed by atoms with Gasteiger partial charge in [0, 0.05) is 12.6 Å². The number of nitriles is 2. The first-order valence-electron chi connectivity index (χ1n) is 7.09. The molecule has 0 spiro atoms. The minimum Gasteiger partial charge on any atom is -0.463 e. The highest BCUT2D eigenvalue weighted by atomic mass is 16.5. The number of carbonyl (C=O) groups is 1. The van der Waals surface area contributed by atoms with Crippen molar-refractivity contribution in [2.75, 3.05) is 18.1 Å². The van der Waals surface area contributed by atoms with Crippen LogP contribution in [0.2, 0.25) is 0 Å². The van der Waals surface area contributed by atoms with Gasteiger partial charge in [0.25, 0.3) is 0 Å². The number of anilines is 1. The molecule has 6 nitrogen and oxygen atoms in total. The quantitative estimate of drug-likeness (QED) is 0.347. The van der Waals surface area contributed by atoms with Crippen LogP contribution in [0.15, 0.2) is 48.4 Å². The zero-order valence-corrected chi connectivity index (χ0v) is 12.5. The maximum atomic E-state index is 11.0. The van der Waals surface area contributed by atoms with Crippen molar-refractivity contribution in [1.82, 2.24) is 0 Å². The molecule has 1 aromatic carbocycles. The number of fused-ring (bicyclic) bond motifs is 1. The molecule has 1 aromatic rings. The Morgan fingerprint density at radius 1 is 1.30 bits per heavy atom. The predicted molar refractivity (Wildman–Crippen MR) is 83.1 cm³/mol. The molecule has 0 atom stereocenters. The highest BCUT2D eigenvalue weighted by molar-refractivity contribution is 5.81. The average Bonchev–Trinajstić information content (AvgIpc) is 2.94. The first-order valence-corrected chi connectivity index (χ1v) is 7.09. The van der Waals surface area contributed by atoms with E-state index in [1.807, 2.05) is 30.3 Å². The van der Waals surface area contributed by atoms with E-state index < -0.39 is 5.97 Å². The van der Waals surface area contributed by atoms with E-state index in [4.69, 9.17) is 20.0 Å². The van der Waals surface area contributed by atoms with E-state index in [9.17, 15) is 4.79 Å². The molecule has 23 heavy (non-hydrogen) atoms. The molecule has 0 fully saturated rings. The minimum absolute atomic E-state index is 0.0701. The molecule has 0 aliphatic carbocycles. The number of unbranched alkanes of at least 4 members (excludes halogenated alkanes) is 1. The van der Waals surface area contributed by atoms with Crippen molar-refractivity contribution in [3.8, 4) is 17.9 Å². The zero-order chi connectivity index (χ0) is 16.7. The number of hydrogen-bond donors (Lipinski definition) is 0. The van der Waals surface area contributed by atoms with Gasteiger partial charge in [-0.05, 0) is 25.0 Å². The summed E-state index contributed by atoms with van der Waals surface area (Å²) >= 11 is 0. The van der Waals surface area contributed by atoms with Crippen molar-refractivity contribution >= 4 is 11.7 Å². The molecule has 6 heteroatoms. The van der Waals surface area contributed by atoms with E-state index >= 15 is 0 Å². The second-order valence-corrected chi connectivity index (χ2v) is 4.70. The number of carbonyl (C=O) groups excluding carboxylic acids is 1. The first kappa shape index (κ1) is 16.1. The van der Waals surface area contributed by atoms with Gasteiger partial charge in [0.2, 0.25) is 5.88 Å². The number of allylic oxidation sites excluding steroid dienone is 1. The fourth-order valence-electron chi connectivity index (χ4n) is 2.17. The second-order valence-electron chi connectivity index (χ2n) is 4.70. The fraction of sp³-hybridized carbons (Fsp3) is 0.235. The van der Waals surface area contributed by atoms with Crippen LogP contribution < -0.4 is 9.64 Å². The van der Waals surface area contributed by atoms with Gasteiger partial charge in [-0.1, -0.05) is 18.7 Å². The fourth-order valence-corrected chi connectivity index (χ4v) is 2.17. The first-order chi connectivity index (χ1) is 11.2. The third-order valence-electron chi connectivity index (χ3n) is 3.23. The lowest BCUT2D eigenvalue weighted by Crippen LogP contribution is -2.23. The van der Waals surface area contributed by atoms with Crippen LogP contribution in [0.25, 0.3) is 0 Å². The Balaban J connectivity index is 2.06. The van der Waals surface area contributed by atoms with Gasteiger partial charge in [0.15, 0.2) is 11.3 Å². The highest BCUT2D eigenvalue weighted by Crippen LogP contribution is 2.39. The molecule has 0 saturated carbocycles. The number of nitrogens with zero attached hydrogens (tertiary/aromatic N) is 3. The standard InChI is InChI=1S/C17H15N3O3/c1-2-16(21)22-10-6-5-9-20-14-7-3-4-8-15(14)23-17(20)13(11-18)12-19/h2-4,7-8H,1,5-6,9-10H2. The van der Waals surface area contributed by atoms with Crippen LogP contribution in [0, 0.1) is 22.7 Å². The number of benzene rings is 1. The number of esters is 1. The van der Waals surface area contributed by atoms with Gasteiger partial charge < -0.3 is 14.4 Å². The summed E-state index contributed by atoms with van der Waals surface area (Å²) in [4.78, 5) is 12.8. The van der Waals surface area contributed by atoms with Gasteiger partial charge in [0.05, 0.1) is 12.3 Å². The van der Waals surface area contributed by atoms with Gasteiger partial charge >= 0.3 is 5.97 Å². The molecule has 0 unspecified atom stereocenters. The number of ether oxygens (including phenoxy) is 2. The van der Waals surface area contributed by atoms with E-state index in [0.717, 1.165) is 11.8 Å². The van der Waals surface area contributed by atoms with E-state index in [1.165, 1.54) is 0 Å². The lowest BCUT2D eigenvalue weighted by molar-refractivity contribution is -0.137. The van der Waals surface area contributed by atoms with Crippen LogP contribution in [-0.2, 0) is 9.53 Å². The van der Waals surface area contributed by atoms with Crippen LogP contribution in [-0.4, -0.2) is 19.1 Å². The minimum atomic E-state index is -0.448. The van der Waals surface area contributed by atoms with Crippen molar-refractivity contribution in [2.45, 2.75) is 12.8 Å². The van der Waals surface area contributed by atoms with Crippen molar-refractivity contribution < 1.29 is 14.3 Å². The van der Waals surface area contributed by atoms with E-state index in [0.29, 0.717) is 31.7 Å². The second kappa shape index (κ2) is 7.67. The summed E-state index contributed by atoms with van der Waals surface area (Å²) in [6, 6.07) is 11.1. The summed E-state index contributed by atoms with van der Waals surface area (Å²) in [5, 5.41) is 18.2. The van der Waals surface area contributed by atoms with E-state index in [2.05, 4.69) is 6.58 Å². The molecule has 0 aromatic heterocycles. The van der Waals surface area contributed by atoms with Crippen molar-refractivity contribution in [3.63, 3.8) is 0 Å². The Kier molecular flexibility index (Phi) is 5.38. The predicted octanol–water partition coefficient (Wildman–Crippen LogP) is 2.65.